The number of carboxylic acids is 1. The fourth-order valence-electron chi connectivity index (χ4n) is 1.48. The van der Waals surface area contributed by atoms with E-state index in [4.69, 9.17) is 9.84 Å². The number of ether oxygens (including phenoxy) is 1. The third-order valence-corrected chi connectivity index (χ3v) is 2.24. The van der Waals surface area contributed by atoms with E-state index in [1.54, 1.807) is 0 Å². The lowest BCUT2D eigenvalue weighted by atomic mass is 10.1. The predicted molar refractivity (Wildman–Crippen MR) is 57.1 cm³/mol. The van der Waals surface area contributed by atoms with Crippen molar-refractivity contribution in [3.05, 3.63) is 29.8 Å². The van der Waals surface area contributed by atoms with Crippen molar-refractivity contribution in [1.29, 1.82) is 0 Å². The molecule has 2 N–H and O–H groups in total. The Balaban J connectivity index is 2.58. The molecular formula is C11H8FNO5. The van der Waals surface area contributed by atoms with Gasteiger partial charge in [-0.2, -0.15) is 0 Å². The van der Waals surface area contributed by atoms with Crippen molar-refractivity contribution in [2.75, 3.05) is 7.11 Å². The first-order valence-electron chi connectivity index (χ1n) is 4.80. The van der Waals surface area contributed by atoms with Gasteiger partial charge < -0.3 is 19.5 Å². The van der Waals surface area contributed by atoms with Crippen LogP contribution in [0.2, 0.25) is 0 Å². The number of benzene rings is 1. The van der Waals surface area contributed by atoms with Gasteiger partial charge in [0.2, 0.25) is 5.76 Å². The lowest BCUT2D eigenvalue weighted by Crippen LogP contribution is -1.92. The SMILES string of the molecule is COc1cc(F)cc(O)c1-c1cc(C(=O)O)on1. The van der Waals surface area contributed by atoms with Gasteiger partial charge in [-0.25, -0.2) is 9.18 Å². The van der Waals surface area contributed by atoms with Gasteiger partial charge in [0.15, 0.2) is 0 Å². The molecule has 7 heteroatoms. The summed E-state index contributed by atoms with van der Waals surface area (Å²) in [5, 5.41) is 21.8. The first kappa shape index (κ1) is 11.9. The van der Waals surface area contributed by atoms with E-state index in [0.717, 1.165) is 18.2 Å². The highest BCUT2D eigenvalue weighted by Gasteiger charge is 2.19. The van der Waals surface area contributed by atoms with E-state index in [-0.39, 0.29) is 17.0 Å². The highest BCUT2D eigenvalue weighted by atomic mass is 19.1. The summed E-state index contributed by atoms with van der Waals surface area (Å²) in [7, 11) is 1.29. The van der Waals surface area contributed by atoms with Gasteiger partial charge in [-0.15, -0.1) is 0 Å². The number of phenols is 1. The smallest absolute Gasteiger partial charge is 0.374 e. The number of aromatic carboxylic acids is 1. The summed E-state index contributed by atoms with van der Waals surface area (Å²) in [5.41, 5.74) is 0.108. The minimum Gasteiger partial charge on any atom is -0.507 e. The number of rotatable bonds is 3. The number of phenolic OH excluding ortho intramolecular Hbond substituents is 1. The van der Waals surface area contributed by atoms with Crippen LogP contribution in [-0.4, -0.2) is 28.4 Å². The minimum atomic E-state index is -1.30. The van der Waals surface area contributed by atoms with E-state index in [2.05, 4.69) is 9.68 Å². The normalized spacial score (nSPS) is 10.3. The summed E-state index contributed by atoms with van der Waals surface area (Å²) in [4.78, 5) is 10.7. The van der Waals surface area contributed by atoms with E-state index < -0.39 is 23.3 Å². The van der Waals surface area contributed by atoms with E-state index in [1.165, 1.54) is 7.11 Å². The second kappa shape index (κ2) is 4.36. The average Bonchev–Trinajstić information content (AvgIpc) is 2.77. The Kier molecular flexibility index (Phi) is 2.88. The molecule has 0 aliphatic carbocycles. The van der Waals surface area contributed by atoms with Crippen LogP contribution in [0.4, 0.5) is 4.39 Å². The lowest BCUT2D eigenvalue weighted by Gasteiger charge is -2.07. The molecule has 6 nitrogen and oxygen atoms in total. The average molecular weight is 253 g/mol. The van der Waals surface area contributed by atoms with Crippen molar-refractivity contribution in [2.45, 2.75) is 0 Å². The van der Waals surface area contributed by atoms with E-state index in [9.17, 15) is 14.3 Å². The molecule has 1 aromatic carbocycles. The maximum Gasteiger partial charge on any atom is 0.374 e. The molecule has 0 saturated carbocycles. The largest absolute Gasteiger partial charge is 0.507 e. The standard InChI is InChI=1S/C11H8FNO5/c1-17-8-3-5(12)2-7(14)10(8)6-4-9(11(15)16)18-13-6/h2-4,14H,1H3,(H,15,16). The van der Waals surface area contributed by atoms with Gasteiger partial charge >= 0.3 is 5.97 Å². The zero-order valence-corrected chi connectivity index (χ0v) is 9.18. The Morgan fingerprint density at radius 3 is 2.72 bits per heavy atom. The van der Waals surface area contributed by atoms with Crippen molar-refractivity contribution in [3.8, 4) is 22.8 Å². The molecule has 0 bridgehead atoms. The third-order valence-electron chi connectivity index (χ3n) is 2.24. The van der Waals surface area contributed by atoms with Crippen LogP contribution in [0.1, 0.15) is 10.6 Å². The quantitative estimate of drug-likeness (QED) is 0.867. The van der Waals surface area contributed by atoms with Crippen LogP contribution in [0.25, 0.3) is 11.3 Å². The number of methoxy groups -OCH3 is 1. The molecule has 1 aromatic heterocycles. The maximum atomic E-state index is 13.1. The zero-order valence-electron chi connectivity index (χ0n) is 9.18. The summed E-state index contributed by atoms with van der Waals surface area (Å²) < 4.78 is 22.5. The molecule has 0 unspecified atom stereocenters. The minimum absolute atomic E-state index is 0.0257. The number of hydrogen-bond acceptors (Lipinski definition) is 5. The first-order chi connectivity index (χ1) is 8.52. The molecule has 2 aromatic rings. The van der Waals surface area contributed by atoms with E-state index in [0.29, 0.717) is 0 Å². The molecule has 94 valence electrons. The molecular weight excluding hydrogens is 245 g/mol. The third kappa shape index (κ3) is 1.97. The van der Waals surface area contributed by atoms with Crippen molar-refractivity contribution in [3.63, 3.8) is 0 Å². The Labute approximate surface area is 100 Å². The summed E-state index contributed by atoms with van der Waals surface area (Å²) in [6.07, 6.45) is 0. The topological polar surface area (TPSA) is 92.8 Å². The first-order valence-corrected chi connectivity index (χ1v) is 4.80. The van der Waals surface area contributed by atoms with Gasteiger partial charge in [0.1, 0.15) is 23.0 Å². The van der Waals surface area contributed by atoms with Crippen LogP contribution in [-0.2, 0) is 0 Å². The number of halogens is 1. The molecule has 18 heavy (non-hydrogen) atoms. The number of carboxylic acid groups (broad SMARTS) is 1. The highest BCUT2D eigenvalue weighted by Crippen LogP contribution is 2.38. The van der Waals surface area contributed by atoms with E-state index >= 15 is 0 Å². The Morgan fingerprint density at radius 1 is 1.44 bits per heavy atom. The van der Waals surface area contributed by atoms with Crippen LogP contribution >= 0.6 is 0 Å². The van der Waals surface area contributed by atoms with Gasteiger partial charge in [-0.05, 0) is 0 Å². The Hall–Kier alpha value is -2.57. The van der Waals surface area contributed by atoms with Crippen LogP contribution in [0.3, 0.4) is 0 Å². The van der Waals surface area contributed by atoms with Crippen LogP contribution in [0.15, 0.2) is 22.7 Å². The molecule has 0 atom stereocenters. The fourth-order valence-corrected chi connectivity index (χ4v) is 1.48. The summed E-state index contributed by atoms with van der Waals surface area (Å²) in [5.74, 6) is -2.77. The number of aromatic hydroxyl groups is 1. The molecule has 0 amide bonds. The molecule has 0 aliphatic rings. The fraction of sp³-hybridized carbons (Fsp3) is 0.0909. The lowest BCUT2D eigenvalue weighted by molar-refractivity contribution is 0.0652. The van der Waals surface area contributed by atoms with Gasteiger partial charge in [0.25, 0.3) is 0 Å². The molecule has 0 fully saturated rings. The Bertz CT molecular complexity index is 607. The van der Waals surface area contributed by atoms with Crippen molar-refractivity contribution in [1.82, 2.24) is 5.16 Å². The molecule has 1 heterocycles. The van der Waals surface area contributed by atoms with Crippen molar-refractivity contribution in [2.24, 2.45) is 0 Å². The summed E-state index contributed by atoms with van der Waals surface area (Å²) in [6, 6.07) is 3.02. The summed E-state index contributed by atoms with van der Waals surface area (Å²) >= 11 is 0. The number of hydrogen-bond donors (Lipinski definition) is 2. The second-order valence-corrected chi connectivity index (χ2v) is 3.38. The van der Waals surface area contributed by atoms with Crippen LogP contribution in [0.5, 0.6) is 11.5 Å². The second-order valence-electron chi connectivity index (χ2n) is 3.38. The number of carbonyl (C=O) groups is 1. The number of nitrogens with zero attached hydrogens (tertiary/aromatic N) is 1. The Morgan fingerprint density at radius 2 is 2.17 bits per heavy atom. The van der Waals surface area contributed by atoms with Crippen molar-refractivity contribution >= 4 is 5.97 Å². The van der Waals surface area contributed by atoms with Crippen molar-refractivity contribution < 1.29 is 28.7 Å². The van der Waals surface area contributed by atoms with Crippen LogP contribution in [0, 0.1) is 5.82 Å². The highest BCUT2D eigenvalue weighted by molar-refractivity contribution is 5.86. The monoisotopic (exact) mass is 253 g/mol. The van der Waals surface area contributed by atoms with Gasteiger partial charge in [0, 0.05) is 18.2 Å². The molecule has 0 saturated heterocycles. The molecule has 0 spiro atoms. The zero-order chi connectivity index (χ0) is 13.3. The predicted octanol–water partition coefficient (Wildman–Crippen LogP) is 1.89. The van der Waals surface area contributed by atoms with Gasteiger partial charge in [0.05, 0.1) is 12.7 Å². The molecule has 2 rings (SSSR count). The van der Waals surface area contributed by atoms with Crippen LogP contribution < -0.4 is 4.74 Å². The number of aromatic nitrogens is 1. The van der Waals surface area contributed by atoms with Gasteiger partial charge in [-0.1, -0.05) is 5.16 Å². The van der Waals surface area contributed by atoms with E-state index in [1.807, 2.05) is 0 Å². The molecule has 0 radical (unpaired) electrons. The maximum absolute atomic E-state index is 13.1. The molecule has 0 aliphatic heterocycles. The van der Waals surface area contributed by atoms with Gasteiger partial charge in [-0.3, -0.25) is 0 Å². The summed E-state index contributed by atoms with van der Waals surface area (Å²) in [6.45, 7) is 0.